The second-order valence-electron chi connectivity index (χ2n) is 9.21. The molecule has 0 radical (unpaired) electrons. The summed E-state index contributed by atoms with van der Waals surface area (Å²) in [6.45, 7) is 4.60. The number of nitrogens with zero attached hydrogens (tertiary/aromatic N) is 1. The van der Waals surface area contributed by atoms with Crippen LogP contribution in [0, 0.1) is 0 Å². The van der Waals surface area contributed by atoms with E-state index >= 15 is 0 Å². The fourth-order valence-corrected chi connectivity index (χ4v) is 4.22. The van der Waals surface area contributed by atoms with Crippen molar-refractivity contribution < 1.29 is 0 Å². The zero-order valence-electron chi connectivity index (χ0n) is 19.9. The fourth-order valence-electron chi connectivity index (χ4n) is 4.22. The van der Waals surface area contributed by atoms with Crippen LogP contribution in [0.4, 0.5) is 0 Å². The Balaban J connectivity index is 3.43. The van der Waals surface area contributed by atoms with Crippen LogP contribution in [-0.4, -0.2) is 25.0 Å². The molecule has 0 bridgehead atoms. The second-order valence-corrected chi connectivity index (χ2v) is 9.21. The minimum absolute atomic E-state index is 0.823. The molecule has 0 aromatic heterocycles. The Labute approximate surface area is 174 Å². The van der Waals surface area contributed by atoms with Crippen LogP contribution in [0.15, 0.2) is 0 Å². The molecule has 1 heteroatoms. The maximum atomic E-state index is 2.48. The lowest BCUT2D eigenvalue weighted by atomic mass is 9.99. The summed E-state index contributed by atoms with van der Waals surface area (Å²) in [4.78, 5) is 2.48. The van der Waals surface area contributed by atoms with Gasteiger partial charge in [-0.2, -0.15) is 0 Å². The maximum absolute atomic E-state index is 2.48. The van der Waals surface area contributed by atoms with E-state index in [4.69, 9.17) is 0 Å². The molecule has 27 heavy (non-hydrogen) atoms. The van der Waals surface area contributed by atoms with Gasteiger partial charge in [-0.15, -0.1) is 0 Å². The smallest absolute Gasteiger partial charge is 0.00891 e. The Bertz CT molecular complexity index is 261. The molecule has 1 nitrogen and oxygen atoms in total. The Hall–Kier alpha value is -0.0400. The van der Waals surface area contributed by atoms with Crippen LogP contribution in [0.25, 0.3) is 0 Å². The van der Waals surface area contributed by atoms with Crippen molar-refractivity contribution in [2.45, 2.75) is 155 Å². The highest BCUT2D eigenvalue weighted by atomic mass is 15.1. The van der Waals surface area contributed by atoms with Crippen LogP contribution in [0.5, 0.6) is 0 Å². The van der Waals surface area contributed by atoms with Gasteiger partial charge >= 0.3 is 0 Å². The second kappa shape index (κ2) is 22.3. The molecule has 0 aromatic carbocycles. The van der Waals surface area contributed by atoms with E-state index in [1.807, 2.05) is 0 Å². The summed E-state index contributed by atoms with van der Waals surface area (Å²) >= 11 is 0. The third kappa shape index (κ3) is 20.5. The minimum atomic E-state index is 0.823. The standard InChI is InChI=1S/C26H55N/c1-5-7-9-11-13-15-16-17-19-21-23-25-26(27(3)4)24-22-20-18-14-12-10-8-6-2/h26H,5-25H2,1-4H3. The third-order valence-electron chi connectivity index (χ3n) is 6.26. The average molecular weight is 382 g/mol. The average Bonchev–Trinajstić information content (AvgIpc) is 2.66. The lowest BCUT2D eigenvalue weighted by Gasteiger charge is -2.24. The van der Waals surface area contributed by atoms with Gasteiger partial charge in [0, 0.05) is 6.04 Å². The summed E-state index contributed by atoms with van der Waals surface area (Å²) in [6, 6.07) is 0.823. The van der Waals surface area contributed by atoms with Crippen LogP contribution in [0.3, 0.4) is 0 Å². The molecule has 0 aliphatic heterocycles. The lowest BCUT2D eigenvalue weighted by Crippen LogP contribution is -2.27. The third-order valence-corrected chi connectivity index (χ3v) is 6.26. The van der Waals surface area contributed by atoms with E-state index in [2.05, 4.69) is 32.8 Å². The van der Waals surface area contributed by atoms with Crippen molar-refractivity contribution in [1.82, 2.24) is 4.90 Å². The summed E-state index contributed by atoms with van der Waals surface area (Å²) in [5.74, 6) is 0. The Morgan fingerprint density at radius 2 is 0.667 bits per heavy atom. The number of hydrogen-bond donors (Lipinski definition) is 0. The zero-order chi connectivity index (χ0) is 20.0. The summed E-state index contributed by atoms with van der Waals surface area (Å²) in [7, 11) is 4.57. The van der Waals surface area contributed by atoms with Crippen molar-refractivity contribution in [1.29, 1.82) is 0 Å². The molecule has 0 heterocycles. The van der Waals surface area contributed by atoms with E-state index in [9.17, 15) is 0 Å². The molecular weight excluding hydrogens is 326 g/mol. The molecule has 0 rings (SSSR count). The van der Waals surface area contributed by atoms with Crippen LogP contribution >= 0.6 is 0 Å². The molecule has 0 spiro atoms. The molecule has 0 amide bonds. The number of unbranched alkanes of at least 4 members (excludes halogenated alkanes) is 17. The topological polar surface area (TPSA) is 3.24 Å². The quantitative estimate of drug-likeness (QED) is 0.169. The first-order valence-corrected chi connectivity index (χ1v) is 12.9. The highest BCUT2D eigenvalue weighted by Crippen LogP contribution is 2.18. The maximum Gasteiger partial charge on any atom is 0.00891 e. The summed E-state index contributed by atoms with van der Waals surface area (Å²) in [5.41, 5.74) is 0. The van der Waals surface area contributed by atoms with Crippen molar-refractivity contribution >= 4 is 0 Å². The lowest BCUT2D eigenvalue weighted by molar-refractivity contribution is 0.251. The van der Waals surface area contributed by atoms with Crippen LogP contribution in [0.1, 0.15) is 149 Å². The van der Waals surface area contributed by atoms with Crippen LogP contribution < -0.4 is 0 Å². The highest BCUT2D eigenvalue weighted by Gasteiger charge is 2.10. The van der Waals surface area contributed by atoms with Gasteiger partial charge in [0.1, 0.15) is 0 Å². The SMILES string of the molecule is CCCCCCCCCCCCCC(CCCCCCCCCC)N(C)C. The van der Waals surface area contributed by atoms with Crippen LogP contribution in [0.2, 0.25) is 0 Å². The van der Waals surface area contributed by atoms with Gasteiger partial charge in [-0.25, -0.2) is 0 Å². The van der Waals surface area contributed by atoms with E-state index in [0.29, 0.717) is 0 Å². The molecule has 1 unspecified atom stereocenters. The van der Waals surface area contributed by atoms with Gasteiger partial charge in [0.2, 0.25) is 0 Å². The number of rotatable bonds is 22. The van der Waals surface area contributed by atoms with Gasteiger partial charge in [-0.05, 0) is 26.9 Å². The van der Waals surface area contributed by atoms with Crippen LogP contribution in [-0.2, 0) is 0 Å². The van der Waals surface area contributed by atoms with Crippen molar-refractivity contribution in [3.8, 4) is 0 Å². The first-order chi connectivity index (χ1) is 13.2. The fraction of sp³-hybridized carbons (Fsp3) is 1.00. The largest absolute Gasteiger partial charge is 0.306 e. The predicted molar refractivity (Wildman–Crippen MR) is 126 cm³/mol. The van der Waals surface area contributed by atoms with Gasteiger partial charge in [-0.3, -0.25) is 0 Å². The monoisotopic (exact) mass is 381 g/mol. The Morgan fingerprint density at radius 1 is 0.407 bits per heavy atom. The van der Waals surface area contributed by atoms with E-state index < -0.39 is 0 Å². The van der Waals surface area contributed by atoms with Gasteiger partial charge < -0.3 is 4.90 Å². The molecule has 0 N–H and O–H groups in total. The molecule has 164 valence electrons. The highest BCUT2D eigenvalue weighted by molar-refractivity contribution is 4.66. The normalized spacial score (nSPS) is 12.8. The van der Waals surface area contributed by atoms with E-state index in [1.54, 1.807) is 0 Å². The summed E-state index contributed by atoms with van der Waals surface area (Å²) in [5, 5.41) is 0. The summed E-state index contributed by atoms with van der Waals surface area (Å²) < 4.78 is 0. The number of hydrogen-bond acceptors (Lipinski definition) is 1. The Kier molecular flexibility index (Phi) is 22.2. The Morgan fingerprint density at radius 3 is 0.926 bits per heavy atom. The molecule has 0 aliphatic carbocycles. The summed E-state index contributed by atoms with van der Waals surface area (Å²) in [6.07, 6.45) is 30.4. The molecule has 0 aromatic rings. The molecule has 1 atom stereocenters. The van der Waals surface area contributed by atoms with E-state index in [0.717, 1.165) is 6.04 Å². The van der Waals surface area contributed by atoms with Crippen molar-refractivity contribution in [2.75, 3.05) is 14.1 Å². The first kappa shape index (κ1) is 27.0. The predicted octanol–water partition coefficient (Wildman–Crippen LogP) is 9.15. The molecule has 0 fully saturated rings. The molecule has 0 saturated carbocycles. The molecule has 0 saturated heterocycles. The first-order valence-electron chi connectivity index (χ1n) is 12.9. The van der Waals surface area contributed by atoms with Crippen molar-refractivity contribution in [3.05, 3.63) is 0 Å². The van der Waals surface area contributed by atoms with Crippen molar-refractivity contribution in [2.24, 2.45) is 0 Å². The zero-order valence-corrected chi connectivity index (χ0v) is 19.9. The van der Waals surface area contributed by atoms with Gasteiger partial charge in [0.25, 0.3) is 0 Å². The van der Waals surface area contributed by atoms with Gasteiger partial charge in [0.15, 0.2) is 0 Å². The molecule has 0 aliphatic rings. The van der Waals surface area contributed by atoms with Gasteiger partial charge in [-0.1, -0.05) is 136 Å². The minimum Gasteiger partial charge on any atom is -0.306 e. The van der Waals surface area contributed by atoms with Crippen molar-refractivity contribution in [3.63, 3.8) is 0 Å². The van der Waals surface area contributed by atoms with Gasteiger partial charge in [0.05, 0.1) is 0 Å². The van der Waals surface area contributed by atoms with E-state index in [1.165, 1.54) is 135 Å². The molecular formula is C26H55N. The van der Waals surface area contributed by atoms with E-state index in [-0.39, 0.29) is 0 Å².